The molecule has 1 amide bonds. The first-order valence-corrected chi connectivity index (χ1v) is 8.24. The van der Waals surface area contributed by atoms with Gasteiger partial charge in [-0.3, -0.25) is 5.32 Å². The second kappa shape index (κ2) is 7.13. The van der Waals surface area contributed by atoms with Gasteiger partial charge in [0.05, 0.1) is 6.61 Å². The number of rotatable bonds is 4. The smallest absolute Gasteiger partial charge is 0.427 e. The minimum Gasteiger partial charge on any atom is -0.464 e. The number of aromatic nitrogens is 1. The summed E-state index contributed by atoms with van der Waals surface area (Å²) in [6, 6.07) is 6.12. The number of alkyl halides is 3. The van der Waals surface area contributed by atoms with Crippen molar-refractivity contribution in [2.75, 3.05) is 6.61 Å². The monoisotopic (exact) mass is 386 g/mol. The van der Waals surface area contributed by atoms with Crippen LogP contribution in [0.5, 0.6) is 0 Å². The molecule has 0 fully saturated rings. The molecule has 27 heavy (non-hydrogen) atoms. The summed E-state index contributed by atoms with van der Waals surface area (Å²) in [4.78, 5) is 27.4. The summed E-state index contributed by atoms with van der Waals surface area (Å²) in [6.45, 7) is 5.57. The topological polar surface area (TPSA) is 80.4 Å². The summed E-state index contributed by atoms with van der Waals surface area (Å²) >= 11 is 0. The standard InChI is InChI=1S/C18H21F3N2O4/c1-5-26-14(24)17(18(19,20)21,23-15(25)27-16(2,3)4)12-10-22-13-9-7-6-8-11(12)13/h6-10,22H,5H2,1-4H3,(H,23,25)/t17-/m0/s1. The third-order valence-electron chi connectivity index (χ3n) is 3.69. The van der Waals surface area contributed by atoms with E-state index in [-0.39, 0.29) is 12.0 Å². The van der Waals surface area contributed by atoms with Gasteiger partial charge in [-0.05, 0) is 33.8 Å². The van der Waals surface area contributed by atoms with Gasteiger partial charge in [-0.2, -0.15) is 13.2 Å². The largest absolute Gasteiger partial charge is 0.464 e. The first-order valence-electron chi connectivity index (χ1n) is 8.24. The Balaban J connectivity index is 2.69. The van der Waals surface area contributed by atoms with Crippen molar-refractivity contribution >= 4 is 23.0 Å². The van der Waals surface area contributed by atoms with E-state index in [4.69, 9.17) is 9.47 Å². The summed E-state index contributed by atoms with van der Waals surface area (Å²) in [6.07, 6.45) is -5.55. The highest BCUT2D eigenvalue weighted by Crippen LogP contribution is 2.43. The van der Waals surface area contributed by atoms with E-state index >= 15 is 0 Å². The van der Waals surface area contributed by atoms with E-state index in [0.717, 1.165) is 6.20 Å². The number of esters is 1. The van der Waals surface area contributed by atoms with Gasteiger partial charge in [0.15, 0.2) is 0 Å². The first-order chi connectivity index (χ1) is 12.4. The Morgan fingerprint density at radius 1 is 1.15 bits per heavy atom. The molecule has 0 bridgehead atoms. The number of ether oxygens (including phenoxy) is 2. The molecule has 1 atom stereocenters. The molecular formula is C18H21F3N2O4. The summed E-state index contributed by atoms with van der Waals surface area (Å²) < 4.78 is 52.4. The van der Waals surface area contributed by atoms with Crippen molar-refractivity contribution in [2.45, 2.75) is 45.0 Å². The Bertz CT molecular complexity index is 839. The summed E-state index contributed by atoms with van der Waals surface area (Å²) in [5, 5.41) is 1.85. The van der Waals surface area contributed by atoms with Gasteiger partial charge in [0.2, 0.25) is 0 Å². The van der Waals surface area contributed by atoms with Gasteiger partial charge in [-0.1, -0.05) is 18.2 Å². The van der Waals surface area contributed by atoms with Gasteiger partial charge < -0.3 is 14.5 Å². The molecule has 0 spiro atoms. The van der Waals surface area contributed by atoms with Crippen LogP contribution in [0, 0.1) is 0 Å². The maximum atomic E-state index is 14.2. The number of benzene rings is 1. The molecule has 1 aromatic carbocycles. The zero-order valence-electron chi connectivity index (χ0n) is 15.4. The SMILES string of the molecule is CCOC(=O)[C@@](NC(=O)OC(C)(C)C)(c1c[nH]c2ccccc12)C(F)(F)F. The lowest BCUT2D eigenvalue weighted by Gasteiger charge is -2.34. The van der Waals surface area contributed by atoms with Crippen molar-refractivity contribution in [2.24, 2.45) is 0 Å². The highest BCUT2D eigenvalue weighted by molar-refractivity contribution is 5.95. The quantitative estimate of drug-likeness (QED) is 0.778. The van der Waals surface area contributed by atoms with Crippen molar-refractivity contribution in [1.82, 2.24) is 10.3 Å². The number of halogens is 3. The number of nitrogens with one attached hydrogen (secondary N) is 2. The fourth-order valence-electron chi connectivity index (χ4n) is 2.65. The molecule has 2 rings (SSSR count). The molecule has 1 aromatic heterocycles. The Hall–Kier alpha value is -2.71. The number of amides is 1. The zero-order chi connectivity index (χ0) is 20.5. The van der Waals surface area contributed by atoms with E-state index in [9.17, 15) is 22.8 Å². The molecule has 9 heteroatoms. The van der Waals surface area contributed by atoms with E-state index in [1.54, 1.807) is 17.4 Å². The number of hydrogen-bond acceptors (Lipinski definition) is 4. The second-order valence-electron chi connectivity index (χ2n) is 6.84. The summed E-state index contributed by atoms with van der Waals surface area (Å²) in [5.41, 5.74) is -4.59. The predicted molar refractivity (Wildman–Crippen MR) is 92.0 cm³/mol. The van der Waals surface area contributed by atoms with Gasteiger partial charge in [0.1, 0.15) is 5.60 Å². The van der Waals surface area contributed by atoms with Gasteiger partial charge in [0, 0.05) is 22.7 Å². The van der Waals surface area contributed by atoms with Crippen LogP contribution in [0.3, 0.4) is 0 Å². The minimum absolute atomic E-state index is 0.124. The lowest BCUT2D eigenvalue weighted by atomic mass is 9.88. The number of carbonyl (C=O) groups is 2. The maximum absolute atomic E-state index is 14.2. The van der Waals surface area contributed by atoms with Crippen molar-refractivity contribution in [3.8, 4) is 0 Å². The van der Waals surface area contributed by atoms with Crippen molar-refractivity contribution < 1.29 is 32.2 Å². The highest BCUT2D eigenvalue weighted by Gasteiger charge is 2.65. The number of H-pyrrole nitrogens is 1. The summed E-state index contributed by atoms with van der Waals surface area (Å²) in [5.74, 6) is -1.65. The number of carbonyl (C=O) groups excluding carboxylic acids is 2. The second-order valence-corrected chi connectivity index (χ2v) is 6.84. The molecule has 1 heterocycles. The third-order valence-corrected chi connectivity index (χ3v) is 3.69. The minimum atomic E-state index is -5.19. The fraction of sp³-hybridized carbons (Fsp3) is 0.444. The molecule has 2 N–H and O–H groups in total. The van der Waals surface area contributed by atoms with Crippen molar-refractivity contribution in [3.63, 3.8) is 0 Å². The number of alkyl carbamates (subject to hydrolysis) is 1. The molecule has 0 saturated carbocycles. The molecule has 148 valence electrons. The number of fused-ring (bicyclic) bond motifs is 1. The average molecular weight is 386 g/mol. The van der Waals surface area contributed by atoms with Crippen LogP contribution in [-0.4, -0.2) is 35.4 Å². The van der Waals surface area contributed by atoms with Crippen LogP contribution in [0.4, 0.5) is 18.0 Å². The fourth-order valence-corrected chi connectivity index (χ4v) is 2.65. The van der Waals surface area contributed by atoms with Crippen molar-refractivity contribution in [3.05, 3.63) is 36.0 Å². The van der Waals surface area contributed by atoms with Gasteiger partial charge in [-0.25, -0.2) is 9.59 Å². The molecule has 0 aliphatic heterocycles. The Labute approximate surface area is 154 Å². The maximum Gasteiger partial charge on any atom is 0.427 e. The van der Waals surface area contributed by atoms with Crippen LogP contribution in [0.2, 0.25) is 0 Å². The Morgan fingerprint density at radius 2 is 1.78 bits per heavy atom. The Morgan fingerprint density at radius 3 is 2.33 bits per heavy atom. The van der Waals surface area contributed by atoms with Crippen molar-refractivity contribution in [1.29, 1.82) is 0 Å². The Kier molecular flexibility index (Phi) is 5.44. The number of hydrogen-bond donors (Lipinski definition) is 2. The van der Waals surface area contributed by atoms with Gasteiger partial charge in [-0.15, -0.1) is 0 Å². The zero-order valence-corrected chi connectivity index (χ0v) is 15.4. The van der Waals surface area contributed by atoms with Gasteiger partial charge >= 0.3 is 18.2 Å². The number of para-hydroxylation sites is 1. The lowest BCUT2D eigenvalue weighted by Crippen LogP contribution is -2.62. The predicted octanol–water partition coefficient (Wildman–Crippen LogP) is 4.01. The molecule has 0 radical (unpaired) electrons. The molecule has 0 saturated heterocycles. The summed E-state index contributed by atoms with van der Waals surface area (Å²) in [7, 11) is 0. The van der Waals surface area contributed by atoms with Gasteiger partial charge in [0.25, 0.3) is 5.54 Å². The molecule has 2 aromatic rings. The molecule has 6 nitrogen and oxygen atoms in total. The van der Waals surface area contributed by atoms with Crippen LogP contribution < -0.4 is 5.32 Å². The van der Waals surface area contributed by atoms with Crippen LogP contribution in [0.25, 0.3) is 10.9 Å². The molecule has 0 unspecified atom stereocenters. The van der Waals surface area contributed by atoms with E-state index in [1.807, 2.05) is 0 Å². The van der Waals surface area contributed by atoms with Crippen LogP contribution >= 0.6 is 0 Å². The number of aromatic amines is 1. The third kappa shape index (κ3) is 4.01. The van der Waals surface area contributed by atoms with Crippen LogP contribution in [0.1, 0.15) is 33.3 Å². The van der Waals surface area contributed by atoms with E-state index in [0.29, 0.717) is 5.52 Å². The normalized spacial score (nSPS) is 14.5. The lowest BCUT2D eigenvalue weighted by molar-refractivity contribution is -0.215. The first kappa shape index (κ1) is 20.6. The van der Waals surface area contributed by atoms with E-state index < -0.39 is 34.9 Å². The highest BCUT2D eigenvalue weighted by atomic mass is 19.4. The molecule has 0 aliphatic carbocycles. The van der Waals surface area contributed by atoms with E-state index in [1.165, 1.54) is 39.8 Å². The average Bonchev–Trinajstić information content (AvgIpc) is 2.94. The van der Waals surface area contributed by atoms with Crippen LogP contribution in [0.15, 0.2) is 30.5 Å². The van der Waals surface area contributed by atoms with Crippen LogP contribution in [-0.2, 0) is 19.8 Å². The molecule has 0 aliphatic rings. The van der Waals surface area contributed by atoms with E-state index in [2.05, 4.69) is 4.98 Å². The molecular weight excluding hydrogens is 365 g/mol.